The molecular weight excluding hydrogens is 356 g/mol. The Morgan fingerprint density at radius 3 is 2.67 bits per heavy atom. The first-order valence-electron chi connectivity index (χ1n) is 6.67. The van der Waals surface area contributed by atoms with Crippen LogP contribution in [0.15, 0.2) is 28.7 Å². The van der Waals surface area contributed by atoms with Gasteiger partial charge in [-0.05, 0) is 61.8 Å². The van der Waals surface area contributed by atoms with Gasteiger partial charge in [-0.3, -0.25) is 0 Å². The van der Waals surface area contributed by atoms with E-state index in [1.807, 2.05) is 24.3 Å². The Hall–Kier alpha value is -0.0200. The number of ether oxygens (including phenoxy) is 1. The number of alkyl halides is 1. The summed E-state index contributed by atoms with van der Waals surface area (Å²) >= 11 is 7.25. The minimum Gasteiger partial charge on any atom is -0.494 e. The molecule has 3 heteroatoms. The molecule has 0 radical (unpaired) electrons. The van der Waals surface area contributed by atoms with Crippen LogP contribution in [-0.2, 0) is 0 Å². The topological polar surface area (TPSA) is 9.23 Å². The van der Waals surface area contributed by atoms with Crippen molar-refractivity contribution in [1.29, 1.82) is 0 Å². The second kappa shape index (κ2) is 6.95. The lowest BCUT2D eigenvalue weighted by molar-refractivity contribution is 0.226. The summed E-state index contributed by atoms with van der Waals surface area (Å²) in [5.41, 5.74) is 0. The van der Waals surface area contributed by atoms with Crippen molar-refractivity contribution >= 4 is 31.9 Å². The predicted octanol–water partition coefficient (Wildman–Crippen LogP) is 5.42. The first-order valence-corrected chi connectivity index (χ1v) is 8.38. The van der Waals surface area contributed by atoms with E-state index in [0.717, 1.165) is 35.1 Å². The van der Waals surface area contributed by atoms with Crippen LogP contribution in [0, 0.1) is 11.8 Å². The SMILES string of the molecule is CC1CCC(Br)C(CCOc2ccc(Br)cc2)C1. The number of benzene rings is 1. The Labute approximate surface area is 127 Å². The maximum absolute atomic E-state index is 5.81. The highest BCUT2D eigenvalue weighted by Crippen LogP contribution is 2.35. The van der Waals surface area contributed by atoms with E-state index in [2.05, 4.69) is 38.8 Å². The molecule has 1 aliphatic carbocycles. The van der Waals surface area contributed by atoms with E-state index in [1.165, 1.54) is 19.3 Å². The zero-order valence-corrected chi connectivity index (χ0v) is 13.9. The van der Waals surface area contributed by atoms with E-state index < -0.39 is 0 Å². The summed E-state index contributed by atoms with van der Waals surface area (Å²) in [7, 11) is 0. The molecule has 1 aliphatic rings. The molecule has 18 heavy (non-hydrogen) atoms. The van der Waals surface area contributed by atoms with Crippen LogP contribution in [0.25, 0.3) is 0 Å². The number of rotatable bonds is 4. The lowest BCUT2D eigenvalue weighted by Gasteiger charge is -2.31. The number of halogens is 2. The number of hydrogen-bond acceptors (Lipinski definition) is 1. The molecule has 1 fully saturated rings. The Morgan fingerprint density at radius 2 is 1.94 bits per heavy atom. The smallest absolute Gasteiger partial charge is 0.119 e. The summed E-state index contributed by atoms with van der Waals surface area (Å²) in [6, 6.07) is 8.06. The molecule has 0 amide bonds. The average molecular weight is 376 g/mol. The van der Waals surface area contributed by atoms with Gasteiger partial charge in [0, 0.05) is 9.30 Å². The highest BCUT2D eigenvalue weighted by Gasteiger charge is 2.26. The molecule has 0 aromatic heterocycles. The fraction of sp³-hybridized carbons (Fsp3) is 0.600. The van der Waals surface area contributed by atoms with Crippen LogP contribution < -0.4 is 4.74 Å². The van der Waals surface area contributed by atoms with E-state index in [9.17, 15) is 0 Å². The van der Waals surface area contributed by atoms with Gasteiger partial charge in [0.15, 0.2) is 0 Å². The molecule has 0 spiro atoms. The van der Waals surface area contributed by atoms with Crippen LogP contribution >= 0.6 is 31.9 Å². The highest BCUT2D eigenvalue weighted by atomic mass is 79.9. The van der Waals surface area contributed by atoms with Crippen molar-refractivity contribution in [3.63, 3.8) is 0 Å². The summed E-state index contributed by atoms with van der Waals surface area (Å²) in [5.74, 6) is 2.61. The molecule has 3 atom stereocenters. The summed E-state index contributed by atoms with van der Waals surface area (Å²) < 4.78 is 6.90. The molecule has 0 N–H and O–H groups in total. The fourth-order valence-corrected chi connectivity index (χ4v) is 3.63. The van der Waals surface area contributed by atoms with Gasteiger partial charge in [-0.1, -0.05) is 38.8 Å². The lowest BCUT2D eigenvalue weighted by Crippen LogP contribution is -2.25. The molecule has 2 rings (SSSR count). The largest absolute Gasteiger partial charge is 0.494 e. The Balaban J connectivity index is 1.76. The fourth-order valence-electron chi connectivity index (χ4n) is 2.62. The molecule has 0 heterocycles. The van der Waals surface area contributed by atoms with Gasteiger partial charge in [0.25, 0.3) is 0 Å². The van der Waals surface area contributed by atoms with Crippen LogP contribution in [0.3, 0.4) is 0 Å². The summed E-state index contributed by atoms with van der Waals surface area (Å²) in [5, 5.41) is 0. The maximum atomic E-state index is 5.81. The van der Waals surface area contributed by atoms with Gasteiger partial charge in [-0.2, -0.15) is 0 Å². The third kappa shape index (κ3) is 4.27. The van der Waals surface area contributed by atoms with E-state index in [1.54, 1.807) is 0 Å². The van der Waals surface area contributed by atoms with E-state index in [0.29, 0.717) is 4.83 Å². The van der Waals surface area contributed by atoms with Crippen molar-refractivity contribution in [2.45, 2.75) is 37.4 Å². The summed E-state index contributed by atoms with van der Waals surface area (Å²) in [6.45, 7) is 3.18. The van der Waals surface area contributed by atoms with E-state index in [4.69, 9.17) is 4.74 Å². The van der Waals surface area contributed by atoms with Crippen molar-refractivity contribution < 1.29 is 4.74 Å². The second-order valence-corrected chi connectivity index (χ2v) is 7.38. The van der Waals surface area contributed by atoms with Gasteiger partial charge >= 0.3 is 0 Å². The van der Waals surface area contributed by atoms with Crippen molar-refractivity contribution in [3.05, 3.63) is 28.7 Å². The normalized spacial score (nSPS) is 28.1. The minimum atomic E-state index is 0.683. The Morgan fingerprint density at radius 1 is 1.22 bits per heavy atom. The first kappa shape index (κ1) is 14.4. The highest BCUT2D eigenvalue weighted by molar-refractivity contribution is 9.10. The molecule has 1 aromatic rings. The van der Waals surface area contributed by atoms with Crippen LogP contribution in [0.5, 0.6) is 5.75 Å². The summed E-state index contributed by atoms with van der Waals surface area (Å²) in [6.07, 6.45) is 5.15. The standard InChI is InChI=1S/C15H20Br2O/c1-11-2-7-15(17)12(10-11)8-9-18-14-5-3-13(16)4-6-14/h3-6,11-12,15H,2,7-10H2,1H3. The number of hydrogen-bond donors (Lipinski definition) is 0. The molecular formula is C15H20Br2O. The molecule has 0 bridgehead atoms. The monoisotopic (exact) mass is 374 g/mol. The summed E-state index contributed by atoms with van der Waals surface area (Å²) in [4.78, 5) is 0.683. The quantitative estimate of drug-likeness (QED) is 0.638. The van der Waals surface area contributed by atoms with Crippen molar-refractivity contribution in [2.75, 3.05) is 6.61 Å². The third-order valence-corrected chi connectivity index (χ3v) is 5.46. The van der Waals surface area contributed by atoms with Crippen LogP contribution in [-0.4, -0.2) is 11.4 Å². The van der Waals surface area contributed by atoms with Crippen molar-refractivity contribution in [3.8, 4) is 5.75 Å². The molecule has 3 unspecified atom stereocenters. The molecule has 0 aliphatic heterocycles. The van der Waals surface area contributed by atoms with Gasteiger partial charge in [-0.25, -0.2) is 0 Å². The van der Waals surface area contributed by atoms with Gasteiger partial charge in [-0.15, -0.1) is 0 Å². The van der Waals surface area contributed by atoms with E-state index >= 15 is 0 Å². The Bertz CT molecular complexity index is 363. The Kier molecular flexibility index (Phi) is 5.56. The maximum Gasteiger partial charge on any atom is 0.119 e. The second-order valence-electron chi connectivity index (χ2n) is 5.29. The van der Waals surface area contributed by atoms with Crippen LogP contribution in [0.4, 0.5) is 0 Å². The van der Waals surface area contributed by atoms with Crippen molar-refractivity contribution in [1.82, 2.24) is 0 Å². The van der Waals surface area contributed by atoms with Crippen molar-refractivity contribution in [2.24, 2.45) is 11.8 Å². The van der Waals surface area contributed by atoms with E-state index in [-0.39, 0.29) is 0 Å². The van der Waals surface area contributed by atoms with Crippen LogP contribution in [0.1, 0.15) is 32.6 Å². The lowest BCUT2D eigenvalue weighted by atomic mass is 9.81. The first-order chi connectivity index (χ1) is 8.65. The zero-order valence-electron chi connectivity index (χ0n) is 10.7. The molecule has 1 aromatic carbocycles. The van der Waals surface area contributed by atoms with Gasteiger partial charge < -0.3 is 4.74 Å². The molecule has 100 valence electrons. The molecule has 0 saturated heterocycles. The van der Waals surface area contributed by atoms with Crippen LogP contribution in [0.2, 0.25) is 0 Å². The average Bonchev–Trinajstić information content (AvgIpc) is 2.36. The molecule has 1 nitrogen and oxygen atoms in total. The molecule has 1 saturated carbocycles. The predicted molar refractivity (Wildman–Crippen MR) is 83.5 cm³/mol. The zero-order chi connectivity index (χ0) is 13.0. The van der Waals surface area contributed by atoms with Gasteiger partial charge in [0.05, 0.1) is 6.61 Å². The van der Waals surface area contributed by atoms with Gasteiger partial charge in [0.1, 0.15) is 5.75 Å². The third-order valence-electron chi connectivity index (χ3n) is 3.72. The minimum absolute atomic E-state index is 0.683. The van der Waals surface area contributed by atoms with Gasteiger partial charge in [0.2, 0.25) is 0 Å².